The summed E-state index contributed by atoms with van der Waals surface area (Å²) in [6, 6.07) is 1.35. The van der Waals surface area contributed by atoms with Crippen LogP contribution in [0.3, 0.4) is 0 Å². The third kappa shape index (κ3) is 3.71. The van der Waals surface area contributed by atoms with E-state index in [0.717, 1.165) is 12.8 Å². The molecule has 1 aliphatic carbocycles. The quantitative estimate of drug-likeness (QED) is 0.629. The monoisotopic (exact) mass is 265 g/mol. The van der Waals surface area contributed by atoms with Crippen LogP contribution in [0.1, 0.15) is 70.6 Å². The molecule has 19 heavy (non-hydrogen) atoms. The summed E-state index contributed by atoms with van der Waals surface area (Å²) in [5.41, 5.74) is 0. The van der Waals surface area contributed by atoms with E-state index in [1.54, 1.807) is 0 Å². The number of rotatable bonds is 3. The Morgan fingerprint density at radius 1 is 0.947 bits per heavy atom. The minimum atomic E-state index is 0.0678. The molecule has 2 heterocycles. The van der Waals surface area contributed by atoms with Crippen molar-refractivity contribution in [3.8, 4) is 0 Å². The summed E-state index contributed by atoms with van der Waals surface area (Å²) in [5.74, 6) is 0.634. The molecule has 2 atom stereocenters. The standard InChI is InChI=1S/C16H27NO2/c18-16(19-15-5-3-1-2-4-6-15)11-12-9-13-7-8-14(10-12)17-13/h12-15,17H,1-11H2. The fourth-order valence-corrected chi connectivity index (χ4v) is 4.17. The molecule has 2 bridgehead atoms. The molecule has 2 saturated heterocycles. The van der Waals surface area contributed by atoms with Gasteiger partial charge in [-0.2, -0.15) is 0 Å². The number of nitrogens with one attached hydrogen (secondary N) is 1. The van der Waals surface area contributed by atoms with Gasteiger partial charge in [0.2, 0.25) is 0 Å². The molecule has 3 heteroatoms. The SMILES string of the molecule is O=C(CC1CC2CCC(C1)N2)OC1CCCCCC1. The number of ether oxygens (including phenoxy) is 1. The van der Waals surface area contributed by atoms with E-state index in [1.165, 1.54) is 51.4 Å². The van der Waals surface area contributed by atoms with E-state index in [1.807, 2.05) is 0 Å². The molecule has 1 N–H and O–H groups in total. The molecule has 3 fully saturated rings. The van der Waals surface area contributed by atoms with Gasteiger partial charge in [-0.25, -0.2) is 0 Å². The molecule has 2 unspecified atom stereocenters. The van der Waals surface area contributed by atoms with Crippen LogP contribution < -0.4 is 5.32 Å². The van der Waals surface area contributed by atoms with Crippen LogP contribution in [-0.2, 0) is 9.53 Å². The van der Waals surface area contributed by atoms with E-state index < -0.39 is 0 Å². The van der Waals surface area contributed by atoms with Gasteiger partial charge < -0.3 is 10.1 Å². The Morgan fingerprint density at radius 3 is 2.21 bits per heavy atom. The summed E-state index contributed by atoms with van der Waals surface area (Å²) < 4.78 is 5.71. The third-order valence-electron chi connectivity index (χ3n) is 5.13. The van der Waals surface area contributed by atoms with Gasteiger partial charge in [0.1, 0.15) is 6.10 Å². The van der Waals surface area contributed by atoms with Crippen molar-refractivity contribution >= 4 is 5.97 Å². The smallest absolute Gasteiger partial charge is 0.306 e. The fourth-order valence-electron chi connectivity index (χ4n) is 4.17. The van der Waals surface area contributed by atoms with Crippen LogP contribution in [0.2, 0.25) is 0 Å². The van der Waals surface area contributed by atoms with Crippen LogP contribution in [0, 0.1) is 5.92 Å². The Kier molecular flexibility index (Phi) is 4.42. The summed E-state index contributed by atoms with van der Waals surface area (Å²) in [6.07, 6.45) is 13.1. The van der Waals surface area contributed by atoms with Gasteiger partial charge in [-0.3, -0.25) is 4.79 Å². The molecule has 1 saturated carbocycles. The molecule has 0 spiro atoms. The topological polar surface area (TPSA) is 38.3 Å². The van der Waals surface area contributed by atoms with Crippen molar-refractivity contribution in [3.05, 3.63) is 0 Å². The molecule has 0 aromatic carbocycles. The number of esters is 1. The average molecular weight is 265 g/mol. The molecular weight excluding hydrogens is 238 g/mol. The summed E-state index contributed by atoms with van der Waals surface area (Å²) in [6.45, 7) is 0. The van der Waals surface area contributed by atoms with Crippen molar-refractivity contribution in [2.75, 3.05) is 0 Å². The Bertz CT molecular complexity index is 298. The molecule has 3 aliphatic rings. The highest BCUT2D eigenvalue weighted by molar-refractivity contribution is 5.70. The highest BCUT2D eigenvalue weighted by Gasteiger charge is 2.34. The molecule has 0 aromatic rings. The fraction of sp³-hybridized carbons (Fsp3) is 0.938. The predicted octanol–water partition coefficient (Wildman–Crippen LogP) is 3.17. The van der Waals surface area contributed by atoms with E-state index in [4.69, 9.17) is 4.74 Å². The number of carbonyl (C=O) groups is 1. The lowest BCUT2D eigenvalue weighted by atomic mass is 9.90. The van der Waals surface area contributed by atoms with Gasteiger partial charge in [0.25, 0.3) is 0 Å². The molecule has 2 aliphatic heterocycles. The molecule has 0 amide bonds. The highest BCUT2D eigenvalue weighted by Crippen LogP contribution is 2.33. The molecule has 3 rings (SSSR count). The molecule has 0 radical (unpaired) electrons. The van der Waals surface area contributed by atoms with E-state index in [0.29, 0.717) is 24.4 Å². The summed E-state index contributed by atoms with van der Waals surface area (Å²) in [4.78, 5) is 12.1. The normalized spacial score (nSPS) is 35.9. The first-order valence-corrected chi connectivity index (χ1v) is 8.25. The summed E-state index contributed by atoms with van der Waals surface area (Å²) in [5, 5.41) is 3.63. The van der Waals surface area contributed by atoms with E-state index in [9.17, 15) is 4.79 Å². The van der Waals surface area contributed by atoms with Crippen LogP contribution in [0.15, 0.2) is 0 Å². The average Bonchev–Trinajstić information content (AvgIpc) is 2.60. The number of fused-ring (bicyclic) bond motifs is 2. The first-order valence-electron chi connectivity index (χ1n) is 8.25. The van der Waals surface area contributed by atoms with Crippen molar-refractivity contribution in [1.82, 2.24) is 5.32 Å². The predicted molar refractivity (Wildman–Crippen MR) is 74.9 cm³/mol. The minimum absolute atomic E-state index is 0.0678. The maximum Gasteiger partial charge on any atom is 0.306 e. The zero-order chi connectivity index (χ0) is 13.1. The summed E-state index contributed by atoms with van der Waals surface area (Å²) >= 11 is 0. The van der Waals surface area contributed by atoms with Gasteiger partial charge in [-0.15, -0.1) is 0 Å². The van der Waals surface area contributed by atoms with E-state index in [-0.39, 0.29) is 12.1 Å². The van der Waals surface area contributed by atoms with Crippen LogP contribution in [0.5, 0.6) is 0 Å². The van der Waals surface area contributed by atoms with E-state index >= 15 is 0 Å². The Labute approximate surface area is 116 Å². The lowest BCUT2D eigenvalue weighted by molar-refractivity contribution is -0.151. The first-order chi connectivity index (χ1) is 9.29. The summed E-state index contributed by atoms with van der Waals surface area (Å²) in [7, 11) is 0. The number of hydrogen-bond donors (Lipinski definition) is 1. The van der Waals surface area contributed by atoms with Crippen LogP contribution in [-0.4, -0.2) is 24.2 Å². The van der Waals surface area contributed by atoms with Gasteiger partial charge in [0.15, 0.2) is 0 Å². The number of piperidine rings is 1. The van der Waals surface area contributed by atoms with Gasteiger partial charge in [-0.1, -0.05) is 12.8 Å². The number of hydrogen-bond acceptors (Lipinski definition) is 3. The third-order valence-corrected chi connectivity index (χ3v) is 5.13. The van der Waals surface area contributed by atoms with Crippen molar-refractivity contribution in [1.29, 1.82) is 0 Å². The maximum atomic E-state index is 12.1. The molecule has 0 aromatic heterocycles. The van der Waals surface area contributed by atoms with Crippen molar-refractivity contribution in [2.24, 2.45) is 5.92 Å². The van der Waals surface area contributed by atoms with Crippen LogP contribution >= 0.6 is 0 Å². The second kappa shape index (κ2) is 6.25. The van der Waals surface area contributed by atoms with Crippen LogP contribution in [0.4, 0.5) is 0 Å². The Balaban J connectivity index is 1.43. The maximum absolute atomic E-state index is 12.1. The largest absolute Gasteiger partial charge is 0.462 e. The van der Waals surface area contributed by atoms with Gasteiger partial charge in [0, 0.05) is 18.5 Å². The van der Waals surface area contributed by atoms with Crippen molar-refractivity contribution < 1.29 is 9.53 Å². The zero-order valence-corrected chi connectivity index (χ0v) is 11.9. The molecule has 3 nitrogen and oxygen atoms in total. The molecular formula is C16H27NO2. The lowest BCUT2D eigenvalue weighted by Crippen LogP contribution is -2.38. The van der Waals surface area contributed by atoms with Crippen molar-refractivity contribution in [2.45, 2.75) is 88.8 Å². The van der Waals surface area contributed by atoms with Gasteiger partial charge >= 0.3 is 5.97 Å². The van der Waals surface area contributed by atoms with Crippen LogP contribution in [0.25, 0.3) is 0 Å². The number of carbonyl (C=O) groups excluding carboxylic acids is 1. The minimum Gasteiger partial charge on any atom is -0.462 e. The lowest BCUT2D eigenvalue weighted by Gasteiger charge is -2.28. The van der Waals surface area contributed by atoms with Crippen molar-refractivity contribution in [3.63, 3.8) is 0 Å². The first kappa shape index (κ1) is 13.4. The second-order valence-corrected chi connectivity index (χ2v) is 6.78. The van der Waals surface area contributed by atoms with Gasteiger partial charge in [-0.05, 0) is 57.3 Å². The zero-order valence-electron chi connectivity index (χ0n) is 11.9. The Morgan fingerprint density at radius 2 is 1.58 bits per heavy atom. The molecule has 108 valence electrons. The highest BCUT2D eigenvalue weighted by atomic mass is 16.5. The van der Waals surface area contributed by atoms with Gasteiger partial charge in [0.05, 0.1) is 0 Å². The Hall–Kier alpha value is -0.570. The van der Waals surface area contributed by atoms with E-state index in [2.05, 4.69) is 5.32 Å². The second-order valence-electron chi connectivity index (χ2n) is 6.78.